The first-order chi connectivity index (χ1) is 7.65. The first kappa shape index (κ1) is 11.1. The van der Waals surface area contributed by atoms with Gasteiger partial charge in [-0.1, -0.05) is 0 Å². The number of aromatic nitrogens is 1. The molecule has 6 heteroatoms. The third-order valence-electron chi connectivity index (χ3n) is 1.86. The molecule has 0 radical (unpaired) electrons. The van der Waals surface area contributed by atoms with Crippen molar-refractivity contribution in [3.8, 4) is 0 Å². The van der Waals surface area contributed by atoms with Gasteiger partial charge in [0.15, 0.2) is 0 Å². The van der Waals surface area contributed by atoms with Crippen molar-refractivity contribution < 1.29 is 4.79 Å². The first-order valence-corrected chi connectivity index (χ1v) is 6.09. The summed E-state index contributed by atoms with van der Waals surface area (Å²) in [6, 6.07) is 5.11. The van der Waals surface area contributed by atoms with Crippen molar-refractivity contribution in [2.75, 3.05) is 11.1 Å². The Morgan fingerprint density at radius 1 is 1.50 bits per heavy atom. The number of rotatable bonds is 2. The fraction of sp³-hybridized carbons (Fsp3) is 0. The summed E-state index contributed by atoms with van der Waals surface area (Å²) in [6.07, 6.45) is 1.50. The molecule has 0 aliphatic carbocycles. The van der Waals surface area contributed by atoms with E-state index in [1.807, 2.05) is 0 Å². The summed E-state index contributed by atoms with van der Waals surface area (Å²) >= 11 is 4.76. The van der Waals surface area contributed by atoms with E-state index in [1.165, 1.54) is 17.5 Å². The van der Waals surface area contributed by atoms with Crippen LogP contribution < -0.4 is 11.1 Å². The molecule has 2 aromatic heterocycles. The van der Waals surface area contributed by atoms with Crippen LogP contribution in [-0.4, -0.2) is 10.9 Å². The van der Waals surface area contributed by atoms with Crippen LogP contribution in [0.2, 0.25) is 0 Å². The van der Waals surface area contributed by atoms with Gasteiger partial charge in [0.1, 0.15) is 5.82 Å². The van der Waals surface area contributed by atoms with E-state index in [0.29, 0.717) is 17.1 Å². The van der Waals surface area contributed by atoms with Gasteiger partial charge in [0, 0.05) is 5.38 Å². The average molecular weight is 298 g/mol. The molecule has 1 amide bonds. The van der Waals surface area contributed by atoms with E-state index in [0.717, 1.165) is 3.79 Å². The molecule has 0 aliphatic heterocycles. The molecule has 0 saturated carbocycles. The van der Waals surface area contributed by atoms with E-state index in [9.17, 15) is 4.79 Å². The molecule has 0 saturated heterocycles. The molecule has 4 nitrogen and oxygen atoms in total. The number of amides is 1. The SMILES string of the molecule is Nc1ccc(NC(=O)c2csc(Br)c2)nc1. The number of carbonyl (C=O) groups is 1. The highest BCUT2D eigenvalue weighted by molar-refractivity contribution is 9.11. The van der Waals surface area contributed by atoms with Crippen molar-refractivity contribution in [1.82, 2.24) is 4.98 Å². The fourth-order valence-corrected chi connectivity index (χ4v) is 2.23. The minimum Gasteiger partial charge on any atom is -0.397 e. The van der Waals surface area contributed by atoms with Gasteiger partial charge in [-0.3, -0.25) is 4.79 Å². The molecule has 0 aromatic carbocycles. The lowest BCUT2D eigenvalue weighted by molar-refractivity contribution is 0.102. The van der Waals surface area contributed by atoms with Crippen molar-refractivity contribution in [3.05, 3.63) is 39.1 Å². The molecule has 0 spiro atoms. The van der Waals surface area contributed by atoms with E-state index >= 15 is 0 Å². The summed E-state index contributed by atoms with van der Waals surface area (Å²) in [6.45, 7) is 0. The monoisotopic (exact) mass is 297 g/mol. The Hall–Kier alpha value is -1.40. The number of hydrogen-bond acceptors (Lipinski definition) is 4. The first-order valence-electron chi connectivity index (χ1n) is 4.42. The molecular weight excluding hydrogens is 290 g/mol. The number of halogens is 1. The Balaban J connectivity index is 2.10. The molecule has 2 aromatic rings. The van der Waals surface area contributed by atoms with Gasteiger partial charge in [-0.25, -0.2) is 4.98 Å². The Labute approximate surface area is 105 Å². The average Bonchev–Trinajstić information content (AvgIpc) is 2.68. The molecule has 0 aliphatic rings. The quantitative estimate of drug-likeness (QED) is 0.895. The second-order valence-electron chi connectivity index (χ2n) is 3.07. The van der Waals surface area contributed by atoms with Gasteiger partial charge in [-0.2, -0.15) is 0 Å². The number of nitrogen functional groups attached to an aromatic ring is 1. The predicted octanol–water partition coefficient (Wildman–Crippen LogP) is 2.74. The second-order valence-corrected chi connectivity index (χ2v) is 5.36. The highest BCUT2D eigenvalue weighted by Gasteiger charge is 2.08. The van der Waals surface area contributed by atoms with Crippen molar-refractivity contribution in [3.63, 3.8) is 0 Å². The number of carbonyl (C=O) groups excluding carboxylic acids is 1. The van der Waals surface area contributed by atoms with Gasteiger partial charge in [0.25, 0.3) is 5.91 Å². The Morgan fingerprint density at radius 2 is 2.31 bits per heavy atom. The van der Waals surface area contributed by atoms with Crippen LogP contribution in [0.15, 0.2) is 33.6 Å². The lowest BCUT2D eigenvalue weighted by Crippen LogP contribution is -2.11. The molecule has 16 heavy (non-hydrogen) atoms. The zero-order chi connectivity index (χ0) is 11.5. The van der Waals surface area contributed by atoms with Crippen molar-refractivity contribution in [1.29, 1.82) is 0 Å². The van der Waals surface area contributed by atoms with Gasteiger partial charge >= 0.3 is 0 Å². The van der Waals surface area contributed by atoms with E-state index < -0.39 is 0 Å². The van der Waals surface area contributed by atoms with Gasteiger partial charge in [-0.15, -0.1) is 11.3 Å². The number of nitrogens with two attached hydrogens (primary N) is 1. The van der Waals surface area contributed by atoms with Crippen molar-refractivity contribution in [2.24, 2.45) is 0 Å². The maximum atomic E-state index is 11.7. The van der Waals surface area contributed by atoms with Crippen LogP contribution >= 0.6 is 27.3 Å². The second kappa shape index (κ2) is 4.63. The largest absolute Gasteiger partial charge is 0.397 e. The molecule has 0 bridgehead atoms. The van der Waals surface area contributed by atoms with Crippen molar-refractivity contribution in [2.45, 2.75) is 0 Å². The van der Waals surface area contributed by atoms with Crippen LogP contribution in [0, 0.1) is 0 Å². The van der Waals surface area contributed by atoms with Crippen LogP contribution in [0.3, 0.4) is 0 Å². The zero-order valence-corrected chi connectivity index (χ0v) is 10.5. The van der Waals surface area contributed by atoms with E-state index in [1.54, 1.807) is 23.6 Å². The van der Waals surface area contributed by atoms with Gasteiger partial charge in [0.2, 0.25) is 0 Å². The predicted molar refractivity (Wildman–Crippen MR) is 68.6 cm³/mol. The van der Waals surface area contributed by atoms with Crippen molar-refractivity contribution >= 4 is 44.7 Å². The molecule has 2 rings (SSSR count). The van der Waals surface area contributed by atoms with E-state index in [4.69, 9.17) is 5.73 Å². The van der Waals surface area contributed by atoms with Crippen LogP contribution in [0.1, 0.15) is 10.4 Å². The molecular formula is C10H8BrN3OS. The van der Waals surface area contributed by atoms with Gasteiger partial charge < -0.3 is 11.1 Å². The molecule has 2 heterocycles. The van der Waals surface area contributed by atoms with E-state index in [-0.39, 0.29) is 5.91 Å². The Bertz CT molecular complexity index is 509. The van der Waals surface area contributed by atoms with Crippen LogP contribution in [-0.2, 0) is 0 Å². The molecule has 0 unspecified atom stereocenters. The van der Waals surface area contributed by atoms with E-state index in [2.05, 4.69) is 26.2 Å². The third kappa shape index (κ3) is 2.59. The topological polar surface area (TPSA) is 68.0 Å². The summed E-state index contributed by atoms with van der Waals surface area (Å²) in [7, 11) is 0. The number of nitrogens with one attached hydrogen (secondary N) is 1. The lowest BCUT2D eigenvalue weighted by atomic mass is 10.3. The van der Waals surface area contributed by atoms with Crippen LogP contribution in [0.25, 0.3) is 0 Å². The standard InChI is InChI=1S/C10H8BrN3OS/c11-8-3-6(5-16-8)10(15)14-9-2-1-7(12)4-13-9/h1-5H,12H2,(H,13,14,15). The number of hydrogen-bond donors (Lipinski definition) is 2. The Morgan fingerprint density at radius 3 is 2.88 bits per heavy atom. The fourth-order valence-electron chi connectivity index (χ4n) is 1.10. The normalized spacial score (nSPS) is 10.1. The molecule has 0 atom stereocenters. The highest BCUT2D eigenvalue weighted by atomic mass is 79.9. The molecule has 0 fully saturated rings. The summed E-state index contributed by atoms with van der Waals surface area (Å²) in [5.74, 6) is 0.306. The number of pyridine rings is 1. The van der Waals surface area contributed by atoms with Crippen LogP contribution in [0.4, 0.5) is 11.5 Å². The lowest BCUT2D eigenvalue weighted by Gasteiger charge is -2.02. The number of anilines is 2. The summed E-state index contributed by atoms with van der Waals surface area (Å²) in [4.78, 5) is 15.7. The zero-order valence-electron chi connectivity index (χ0n) is 8.11. The minimum absolute atomic E-state index is 0.181. The number of nitrogens with zero attached hydrogens (tertiary/aromatic N) is 1. The third-order valence-corrected chi connectivity index (χ3v) is 3.36. The van der Waals surface area contributed by atoms with Gasteiger partial charge in [-0.05, 0) is 34.1 Å². The maximum absolute atomic E-state index is 11.7. The molecule has 3 N–H and O–H groups in total. The summed E-state index contributed by atoms with van der Waals surface area (Å²) in [5.41, 5.74) is 6.67. The van der Waals surface area contributed by atoms with Gasteiger partial charge in [0.05, 0.1) is 21.2 Å². The minimum atomic E-state index is -0.181. The summed E-state index contributed by atoms with van der Waals surface area (Å²) < 4.78 is 0.919. The van der Waals surface area contributed by atoms with Crippen LogP contribution in [0.5, 0.6) is 0 Å². The maximum Gasteiger partial charge on any atom is 0.257 e. The smallest absolute Gasteiger partial charge is 0.257 e. The highest BCUT2D eigenvalue weighted by Crippen LogP contribution is 2.21. The Kier molecular flexibility index (Phi) is 3.21. The number of thiophene rings is 1. The molecule has 82 valence electrons. The summed E-state index contributed by atoms with van der Waals surface area (Å²) in [5, 5.41) is 4.45.